The predicted molar refractivity (Wildman–Crippen MR) is 198 cm³/mol. The minimum Gasteiger partial charge on any atom is -0.494 e. The van der Waals surface area contributed by atoms with Crippen LogP contribution in [0.25, 0.3) is 0 Å². The molecule has 2 fully saturated rings. The van der Waals surface area contributed by atoms with Crippen LogP contribution in [0.2, 0.25) is 0 Å². The molecule has 0 bridgehead atoms. The molecule has 1 unspecified atom stereocenters. The third-order valence-corrected chi connectivity index (χ3v) is 10.3. The summed E-state index contributed by atoms with van der Waals surface area (Å²) in [5.41, 5.74) is 4.49. The van der Waals surface area contributed by atoms with E-state index in [4.69, 9.17) is 24.4 Å². The first kappa shape index (κ1) is 41.0. The summed E-state index contributed by atoms with van der Waals surface area (Å²) in [6.45, 7) is 11.2. The average molecular weight is 693 g/mol. The zero-order valence-electron chi connectivity index (χ0n) is 30.3. The van der Waals surface area contributed by atoms with Gasteiger partial charge in [-0.05, 0) is 129 Å². The van der Waals surface area contributed by atoms with E-state index in [1.807, 2.05) is 6.07 Å². The van der Waals surface area contributed by atoms with Crippen molar-refractivity contribution in [3.8, 4) is 11.5 Å². The van der Waals surface area contributed by atoms with Crippen LogP contribution < -0.4 is 9.47 Å². The van der Waals surface area contributed by atoms with Gasteiger partial charge in [0.25, 0.3) is 0 Å². The Labute approximate surface area is 299 Å². The molecule has 2 aliphatic carbocycles. The quantitative estimate of drug-likeness (QED) is 0.0636. The maximum Gasteiger partial charge on any atom is 0.335 e. The first-order valence-electron chi connectivity index (χ1n) is 18.5. The summed E-state index contributed by atoms with van der Waals surface area (Å²) in [4.78, 5) is 21.2. The van der Waals surface area contributed by atoms with Crippen LogP contribution in [0.15, 0.2) is 66.8 Å². The Kier molecular flexibility index (Phi) is 18.3. The van der Waals surface area contributed by atoms with Gasteiger partial charge in [0.1, 0.15) is 17.8 Å². The van der Waals surface area contributed by atoms with Gasteiger partial charge < -0.3 is 29.5 Å². The van der Waals surface area contributed by atoms with E-state index in [0.29, 0.717) is 18.1 Å². The van der Waals surface area contributed by atoms with E-state index < -0.39 is 12.6 Å². The van der Waals surface area contributed by atoms with Crippen molar-refractivity contribution in [1.29, 1.82) is 0 Å². The Morgan fingerprint density at radius 1 is 0.820 bits per heavy atom. The number of benzene rings is 2. The lowest BCUT2D eigenvalue weighted by atomic mass is 9.67. The normalized spacial score (nSPS) is 20.8. The number of unbranched alkanes of at least 4 members (excludes halogenated alkanes) is 1. The van der Waals surface area contributed by atoms with E-state index >= 15 is 0 Å². The number of ether oxygens (including phenoxy) is 3. The van der Waals surface area contributed by atoms with E-state index in [2.05, 4.69) is 63.4 Å². The number of aldehydes is 1. The molecule has 0 spiro atoms. The fourth-order valence-corrected chi connectivity index (χ4v) is 7.14. The highest BCUT2D eigenvalue weighted by atomic mass is 16.5. The molecule has 0 heterocycles. The molecule has 0 aliphatic heterocycles. The van der Waals surface area contributed by atoms with Crippen molar-refractivity contribution in [3.63, 3.8) is 0 Å². The molecule has 8 heteroatoms. The highest BCUT2D eigenvalue weighted by Crippen LogP contribution is 2.46. The number of aryl methyl sites for hydroxylation is 1. The Balaban J connectivity index is 0.00000103. The minimum atomic E-state index is -0.652. The Hall–Kier alpha value is -3.46. The highest BCUT2D eigenvalue weighted by Gasteiger charge is 2.32. The van der Waals surface area contributed by atoms with Gasteiger partial charge in [-0.2, -0.15) is 0 Å². The van der Waals surface area contributed by atoms with Crippen molar-refractivity contribution in [3.05, 3.63) is 83.5 Å². The van der Waals surface area contributed by atoms with Crippen molar-refractivity contribution >= 4 is 12.3 Å². The van der Waals surface area contributed by atoms with Crippen molar-refractivity contribution in [2.24, 2.45) is 17.8 Å². The first-order valence-corrected chi connectivity index (χ1v) is 18.5. The summed E-state index contributed by atoms with van der Waals surface area (Å²) in [7, 11) is 0. The minimum absolute atomic E-state index is 0.00200. The third kappa shape index (κ3) is 13.0. The summed E-state index contributed by atoms with van der Waals surface area (Å²) < 4.78 is 17.0. The van der Waals surface area contributed by atoms with Crippen molar-refractivity contribution in [2.75, 3.05) is 39.6 Å². The van der Waals surface area contributed by atoms with Crippen LogP contribution in [0, 0.1) is 17.8 Å². The van der Waals surface area contributed by atoms with E-state index in [0.717, 1.165) is 49.2 Å². The molecule has 0 aromatic heterocycles. The van der Waals surface area contributed by atoms with Gasteiger partial charge in [0.2, 0.25) is 0 Å². The monoisotopic (exact) mass is 692 g/mol. The number of hydrogen-bond acceptors (Lipinski definition) is 8. The Morgan fingerprint density at radius 3 is 1.96 bits per heavy atom. The van der Waals surface area contributed by atoms with Crippen molar-refractivity contribution in [2.45, 2.75) is 96.3 Å². The maximum atomic E-state index is 11.8. The summed E-state index contributed by atoms with van der Waals surface area (Å²) in [6.07, 6.45) is 14.2. The van der Waals surface area contributed by atoms with Crippen LogP contribution in [0.5, 0.6) is 11.5 Å². The van der Waals surface area contributed by atoms with Crippen molar-refractivity contribution < 1.29 is 39.1 Å². The van der Waals surface area contributed by atoms with E-state index in [-0.39, 0.29) is 43.5 Å². The molecular weight excluding hydrogens is 632 g/mol. The summed E-state index contributed by atoms with van der Waals surface area (Å²) in [5.74, 6) is 3.79. The van der Waals surface area contributed by atoms with Gasteiger partial charge in [-0.25, -0.2) is 4.79 Å². The lowest BCUT2D eigenvalue weighted by Gasteiger charge is -2.38. The Bertz CT molecular complexity index is 1320. The molecule has 3 N–H and O–H groups in total. The fraction of sp³-hybridized carbons (Fsp3) is 0.571. The molecule has 0 radical (unpaired) electrons. The predicted octanol–water partition coefficient (Wildman–Crippen LogP) is 7.49. The molecule has 2 aromatic rings. The number of aliphatic hydroxyl groups excluding tert-OH is 3. The van der Waals surface area contributed by atoms with Gasteiger partial charge in [-0.1, -0.05) is 51.6 Å². The standard InChI is InChI=1S/C38H54O6.C4H6O2/c1-4-6-21-42-35-17-15-33(16-18-35)31-9-7-30(8-10-31)32-11-13-34(14-12-32)37-20-19-36(22-29(37)5-2)43-25-28(24-40)26-44-38(41)27(3)23-39;1-4(2-5)3-6/h15-20,22,28,30-32,34,39-40H,3-14,21,23-26H2,1-2H3;2,6H,1,3H2. The lowest BCUT2D eigenvalue weighted by Crippen LogP contribution is -2.25. The highest BCUT2D eigenvalue weighted by molar-refractivity contribution is 5.87. The van der Waals surface area contributed by atoms with E-state index in [1.54, 1.807) is 0 Å². The molecule has 0 saturated heterocycles. The topological polar surface area (TPSA) is 123 Å². The van der Waals surface area contributed by atoms with Crippen molar-refractivity contribution in [1.82, 2.24) is 0 Å². The smallest absolute Gasteiger partial charge is 0.335 e. The summed E-state index contributed by atoms with van der Waals surface area (Å²) in [6, 6.07) is 15.3. The largest absolute Gasteiger partial charge is 0.494 e. The fourth-order valence-electron chi connectivity index (χ4n) is 7.14. The second kappa shape index (κ2) is 22.4. The van der Waals surface area contributed by atoms with E-state index in [9.17, 15) is 14.7 Å². The van der Waals surface area contributed by atoms with Crippen LogP contribution in [0.1, 0.15) is 107 Å². The second-order valence-electron chi connectivity index (χ2n) is 13.9. The van der Waals surface area contributed by atoms with Gasteiger partial charge in [0.05, 0.1) is 51.1 Å². The Morgan fingerprint density at radius 2 is 1.44 bits per heavy atom. The molecule has 2 saturated carbocycles. The molecule has 2 aliphatic rings. The molecular formula is C42H60O8. The van der Waals surface area contributed by atoms with E-state index in [1.165, 1.54) is 68.1 Å². The zero-order chi connectivity index (χ0) is 36.3. The van der Waals surface area contributed by atoms with Gasteiger partial charge >= 0.3 is 5.97 Å². The zero-order valence-corrected chi connectivity index (χ0v) is 30.3. The number of hydrogen-bond donors (Lipinski definition) is 3. The molecule has 1 atom stereocenters. The average Bonchev–Trinajstić information content (AvgIpc) is 3.17. The molecule has 2 aromatic carbocycles. The number of esters is 1. The number of carbonyl (C=O) groups is 2. The van der Waals surface area contributed by atoms with Crippen LogP contribution in [0.4, 0.5) is 0 Å². The molecule has 50 heavy (non-hydrogen) atoms. The number of aliphatic hydroxyl groups is 3. The van der Waals surface area contributed by atoms with Gasteiger partial charge in [0.15, 0.2) is 0 Å². The SMILES string of the molecule is C=C(C=O)CO.C=C(CO)C(=O)OCC(CO)COc1ccc(C2CCC(C3CCC(c4ccc(OCCCC)cc4)CC3)CC2)c(CC)c1. The molecule has 8 nitrogen and oxygen atoms in total. The molecule has 276 valence electrons. The molecule has 4 rings (SSSR count). The first-order chi connectivity index (χ1) is 24.3. The summed E-state index contributed by atoms with van der Waals surface area (Å²) in [5, 5.41) is 26.7. The number of carbonyl (C=O) groups excluding carboxylic acids is 2. The van der Waals surface area contributed by atoms with Crippen LogP contribution in [0.3, 0.4) is 0 Å². The van der Waals surface area contributed by atoms with Gasteiger partial charge in [-0.15, -0.1) is 0 Å². The van der Waals surface area contributed by atoms with Gasteiger partial charge in [0, 0.05) is 5.57 Å². The van der Waals surface area contributed by atoms with Crippen LogP contribution in [-0.2, 0) is 20.7 Å². The summed E-state index contributed by atoms with van der Waals surface area (Å²) >= 11 is 0. The van der Waals surface area contributed by atoms with Crippen LogP contribution >= 0.6 is 0 Å². The van der Waals surface area contributed by atoms with Crippen LogP contribution in [-0.4, -0.2) is 67.2 Å². The lowest BCUT2D eigenvalue weighted by molar-refractivity contribution is -0.141. The molecule has 0 amide bonds. The van der Waals surface area contributed by atoms with Gasteiger partial charge in [-0.3, -0.25) is 4.79 Å². The number of rotatable bonds is 18. The third-order valence-electron chi connectivity index (χ3n) is 10.3. The second-order valence-corrected chi connectivity index (χ2v) is 13.9. The maximum absolute atomic E-state index is 11.8.